The highest BCUT2D eigenvalue weighted by Gasteiger charge is 2.18. The minimum atomic E-state index is -3.49. The van der Waals surface area contributed by atoms with Gasteiger partial charge in [0.15, 0.2) is 6.61 Å². The molecule has 1 atom stereocenters. The molecule has 2 aromatic carbocycles. The number of nitrogens with one attached hydrogen (secondary N) is 1. The average Bonchev–Trinajstić information content (AvgIpc) is 3.37. The Balaban J connectivity index is 1.43. The van der Waals surface area contributed by atoms with Crippen molar-refractivity contribution in [2.45, 2.75) is 24.8 Å². The number of hydrogen-bond acceptors (Lipinski definition) is 7. The van der Waals surface area contributed by atoms with Crippen LogP contribution in [0.25, 0.3) is 20.3 Å². The lowest BCUT2D eigenvalue weighted by atomic mass is 10.1. The third-order valence-corrected chi connectivity index (χ3v) is 8.73. The molecule has 1 amide bonds. The number of aryl methyl sites for hydroxylation is 1. The number of nitrogens with zero attached hydrogens (tertiary/aromatic N) is 2. The van der Waals surface area contributed by atoms with Gasteiger partial charge in [-0.15, -0.1) is 22.7 Å². The molecule has 0 radical (unpaired) electrons. The first-order chi connectivity index (χ1) is 15.2. The number of hydrogen-bond donors (Lipinski definition) is 1. The lowest BCUT2D eigenvalue weighted by molar-refractivity contribution is -0.123. The van der Waals surface area contributed by atoms with Crippen molar-refractivity contribution in [3.05, 3.63) is 52.3 Å². The summed E-state index contributed by atoms with van der Waals surface area (Å²) in [6.07, 6.45) is 0. The number of aromatic nitrogens is 1. The Morgan fingerprint density at radius 1 is 1.22 bits per heavy atom. The van der Waals surface area contributed by atoms with Gasteiger partial charge in [0, 0.05) is 25.5 Å². The molecule has 0 aliphatic carbocycles. The van der Waals surface area contributed by atoms with Crippen LogP contribution in [0.5, 0.6) is 5.75 Å². The van der Waals surface area contributed by atoms with Crippen molar-refractivity contribution in [1.82, 2.24) is 14.6 Å². The van der Waals surface area contributed by atoms with Crippen LogP contribution in [0, 0.1) is 6.92 Å². The second kappa shape index (κ2) is 8.78. The molecular formula is C22H23N3O4S3. The van der Waals surface area contributed by atoms with Crippen LogP contribution in [0.4, 0.5) is 0 Å². The first-order valence-electron chi connectivity index (χ1n) is 9.89. The summed E-state index contributed by atoms with van der Waals surface area (Å²) in [6.45, 7) is 3.70. The van der Waals surface area contributed by atoms with Gasteiger partial charge >= 0.3 is 0 Å². The number of thiophene rings is 1. The van der Waals surface area contributed by atoms with Gasteiger partial charge in [0.25, 0.3) is 5.91 Å². The molecule has 0 fully saturated rings. The van der Waals surface area contributed by atoms with Crippen LogP contribution < -0.4 is 10.1 Å². The number of carbonyl (C=O) groups excluding carboxylic acids is 1. The van der Waals surface area contributed by atoms with Crippen molar-refractivity contribution >= 4 is 58.9 Å². The van der Waals surface area contributed by atoms with Gasteiger partial charge in [-0.05, 0) is 43.0 Å². The van der Waals surface area contributed by atoms with E-state index in [9.17, 15) is 13.2 Å². The zero-order valence-corrected chi connectivity index (χ0v) is 20.5. The summed E-state index contributed by atoms with van der Waals surface area (Å²) in [5.41, 5.74) is 1.78. The maximum atomic E-state index is 12.5. The summed E-state index contributed by atoms with van der Waals surface area (Å²) in [7, 11) is -0.506. The van der Waals surface area contributed by atoms with E-state index in [-0.39, 0.29) is 23.5 Å². The van der Waals surface area contributed by atoms with E-state index in [1.807, 2.05) is 31.4 Å². The number of thiazole rings is 1. The molecule has 0 spiro atoms. The Bertz CT molecular complexity index is 1390. The first-order valence-corrected chi connectivity index (χ1v) is 13.0. The Hall–Kier alpha value is -2.53. The van der Waals surface area contributed by atoms with Gasteiger partial charge in [0.05, 0.1) is 30.9 Å². The molecule has 0 saturated heterocycles. The molecule has 7 nitrogen and oxygen atoms in total. The molecule has 2 heterocycles. The normalized spacial score (nSPS) is 13.0. The van der Waals surface area contributed by atoms with E-state index in [0.29, 0.717) is 5.75 Å². The molecule has 168 valence electrons. The first kappa shape index (κ1) is 22.7. The Morgan fingerprint density at radius 3 is 2.62 bits per heavy atom. The van der Waals surface area contributed by atoms with Gasteiger partial charge < -0.3 is 10.1 Å². The maximum Gasteiger partial charge on any atom is 0.258 e. The van der Waals surface area contributed by atoms with Crippen LogP contribution in [0.2, 0.25) is 0 Å². The molecular weight excluding hydrogens is 466 g/mol. The fourth-order valence-electron chi connectivity index (χ4n) is 3.36. The van der Waals surface area contributed by atoms with Crippen LogP contribution in [0.1, 0.15) is 23.5 Å². The van der Waals surface area contributed by atoms with Gasteiger partial charge in [-0.1, -0.05) is 12.1 Å². The van der Waals surface area contributed by atoms with Gasteiger partial charge in [0.1, 0.15) is 5.75 Å². The van der Waals surface area contributed by atoms with Crippen LogP contribution in [0.3, 0.4) is 0 Å². The van der Waals surface area contributed by atoms with Gasteiger partial charge in [-0.2, -0.15) is 0 Å². The standard InChI is InChI=1S/C22H23N3O4S3/c1-13(15-5-7-16(8-6-15)32(27,28)25(3)4)23-20(26)12-29-18-11-19-21(24-14(2)31-19)22-17(18)9-10-30-22/h5-11,13H,12H2,1-4H3,(H,23,26). The van der Waals surface area contributed by atoms with Crippen molar-refractivity contribution in [3.63, 3.8) is 0 Å². The maximum absolute atomic E-state index is 12.5. The Morgan fingerprint density at radius 2 is 1.94 bits per heavy atom. The third kappa shape index (κ3) is 4.36. The number of amides is 1. The molecule has 4 rings (SSSR count). The van der Waals surface area contributed by atoms with Gasteiger partial charge in [-0.25, -0.2) is 17.7 Å². The smallest absolute Gasteiger partial charge is 0.258 e. The zero-order valence-electron chi connectivity index (χ0n) is 18.1. The molecule has 4 aromatic rings. The summed E-state index contributed by atoms with van der Waals surface area (Å²) in [4.78, 5) is 17.3. The zero-order chi connectivity index (χ0) is 23.0. The highest BCUT2D eigenvalue weighted by atomic mass is 32.2. The number of sulfonamides is 1. The van der Waals surface area contributed by atoms with Crippen molar-refractivity contribution in [2.75, 3.05) is 20.7 Å². The predicted molar refractivity (Wildman–Crippen MR) is 129 cm³/mol. The van der Waals surface area contributed by atoms with E-state index in [0.717, 1.165) is 30.9 Å². The van der Waals surface area contributed by atoms with E-state index in [1.165, 1.54) is 18.4 Å². The number of carbonyl (C=O) groups is 1. The number of rotatable bonds is 7. The second-order valence-electron chi connectivity index (χ2n) is 7.55. The highest BCUT2D eigenvalue weighted by Crippen LogP contribution is 2.38. The molecule has 32 heavy (non-hydrogen) atoms. The number of ether oxygens (including phenoxy) is 1. The fraction of sp³-hybridized carbons (Fsp3) is 0.273. The van der Waals surface area contributed by atoms with E-state index < -0.39 is 10.0 Å². The molecule has 0 saturated carbocycles. The summed E-state index contributed by atoms with van der Waals surface area (Å²) in [5, 5.41) is 6.83. The Kier molecular flexibility index (Phi) is 6.22. The van der Waals surface area contributed by atoms with Gasteiger partial charge in [-0.3, -0.25) is 4.79 Å². The number of fused-ring (bicyclic) bond motifs is 3. The summed E-state index contributed by atoms with van der Waals surface area (Å²) in [6, 6.07) is 10.1. The molecule has 1 N–H and O–H groups in total. The second-order valence-corrected chi connectivity index (χ2v) is 11.9. The van der Waals surface area contributed by atoms with Crippen LogP contribution in [0.15, 0.2) is 46.7 Å². The van der Waals surface area contributed by atoms with Crippen molar-refractivity contribution in [2.24, 2.45) is 0 Å². The van der Waals surface area contributed by atoms with Crippen molar-refractivity contribution in [1.29, 1.82) is 0 Å². The van der Waals surface area contributed by atoms with Crippen molar-refractivity contribution in [3.8, 4) is 5.75 Å². The van der Waals surface area contributed by atoms with E-state index in [2.05, 4.69) is 10.3 Å². The molecule has 0 aliphatic heterocycles. The fourth-order valence-corrected chi connectivity index (χ4v) is 6.09. The lowest BCUT2D eigenvalue weighted by Gasteiger charge is -2.16. The SMILES string of the molecule is Cc1nc2c(cc(OCC(=O)NC(C)c3ccc(S(=O)(=O)N(C)C)cc3)c3ccsc32)s1. The van der Waals surface area contributed by atoms with E-state index in [1.54, 1.807) is 46.9 Å². The molecule has 10 heteroatoms. The highest BCUT2D eigenvalue weighted by molar-refractivity contribution is 7.89. The lowest BCUT2D eigenvalue weighted by Crippen LogP contribution is -2.31. The summed E-state index contributed by atoms with van der Waals surface area (Å²) >= 11 is 3.21. The third-order valence-electron chi connectivity index (χ3n) is 5.06. The Labute approximate surface area is 194 Å². The van der Waals surface area contributed by atoms with Crippen LogP contribution in [-0.2, 0) is 14.8 Å². The average molecular weight is 490 g/mol. The minimum Gasteiger partial charge on any atom is -0.483 e. The summed E-state index contributed by atoms with van der Waals surface area (Å²) < 4.78 is 33.5. The number of benzene rings is 2. The molecule has 0 bridgehead atoms. The predicted octanol–water partition coefficient (Wildman–Crippen LogP) is 4.33. The van der Waals surface area contributed by atoms with E-state index >= 15 is 0 Å². The topological polar surface area (TPSA) is 88.6 Å². The van der Waals surface area contributed by atoms with Gasteiger partial charge in [0.2, 0.25) is 10.0 Å². The van der Waals surface area contributed by atoms with Crippen LogP contribution in [-0.4, -0.2) is 44.3 Å². The van der Waals surface area contributed by atoms with Crippen LogP contribution >= 0.6 is 22.7 Å². The monoisotopic (exact) mass is 489 g/mol. The minimum absolute atomic E-state index is 0.119. The van der Waals surface area contributed by atoms with E-state index in [4.69, 9.17) is 4.74 Å². The summed E-state index contributed by atoms with van der Waals surface area (Å²) in [5.74, 6) is 0.407. The molecule has 1 unspecified atom stereocenters. The quantitative estimate of drug-likeness (QED) is 0.418. The largest absolute Gasteiger partial charge is 0.483 e. The molecule has 0 aliphatic rings. The molecule has 2 aromatic heterocycles. The van der Waals surface area contributed by atoms with Crippen molar-refractivity contribution < 1.29 is 17.9 Å².